The van der Waals surface area contributed by atoms with Gasteiger partial charge in [-0.25, -0.2) is 0 Å². The van der Waals surface area contributed by atoms with Crippen LogP contribution in [-0.4, -0.2) is 25.9 Å². The van der Waals surface area contributed by atoms with E-state index in [4.69, 9.17) is 4.42 Å². The number of hydrogen-bond donors (Lipinski definition) is 1. The summed E-state index contributed by atoms with van der Waals surface area (Å²) in [5.74, 6) is 1.40. The van der Waals surface area contributed by atoms with Crippen molar-refractivity contribution in [3.8, 4) is 11.4 Å². The number of aromatic nitrogens is 3. The molecule has 6 nitrogen and oxygen atoms in total. The first-order chi connectivity index (χ1) is 13.4. The SMILES string of the molecule is C=CCn1c(S[C@@H](C)C(=O)Nc2cc(C)ccc2C)nnc1-c1ccoc1C. The summed E-state index contributed by atoms with van der Waals surface area (Å²) >= 11 is 1.37. The van der Waals surface area contributed by atoms with Crippen molar-refractivity contribution in [2.75, 3.05) is 5.32 Å². The standard InChI is InChI=1S/C21H24N4O2S/c1-6-10-25-19(17-9-11-27-15(17)4)23-24-21(25)28-16(5)20(26)22-18-12-13(2)7-8-14(18)3/h6-9,11-12,16H,1,10H2,2-5H3,(H,22,26)/t16-/m0/s1. The molecule has 1 N–H and O–H groups in total. The van der Waals surface area contributed by atoms with Crippen LogP contribution in [0.25, 0.3) is 11.4 Å². The zero-order valence-electron chi connectivity index (χ0n) is 16.5. The number of benzene rings is 1. The van der Waals surface area contributed by atoms with E-state index in [1.54, 1.807) is 12.3 Å². The number of aryl methyl sites for hydroxylation is 3. The lowest BCUT2D eigenvalue weighted by molar-refractivity contribution is -0.115. The lowest BCUT2D eigenvalue weighted by Crippen LogP contribution is -2.23. The first-order valence-electron chi connectivity index (χ1n) is 9.04. The number of allylic oxidation sites excluding steroid dienone is 1. The molecule has 0 spiro atoms. The largest absolute Gasteiger partial charge is 0.469 e. The minimum atomic E-state index is -0.342. The first kappa shape index (κ1) is 19.9. The molecule has 2 aromatic heterocycles. The molecule has 2 heterocycles. The quantitative estimate of drug-likeness (QED) is 0.460. The van der Waals surface area contributed by atoms with Crippen molar-refractivity contribution < 1.29 is 9.21 Å². The van der Waals surface area contributed by atoms with Gasteiger partial charge in [-0.15, -0.1) is 16.8 Å². The molecule has 0 radical (unpaired) electrons. The number of nitrogens with zero attached hydrogens (tertiary/aromatic N) is 3. The third-order valence-corrected chi connectivity index (χ3v) is 5.51. The van der Waals surface area contributed by atoms with E-state index < -0.39 is 0 Å². The Hall–Kier alpha value is -2.80. The molecule has 0 aliphatic carbocycles. The number of furan rings is 1. The highest BCUT2D eigenvalue weighted by Crippen LogP contribution is 2.29. The molecular weight excluding hydrogens is 372 g/mol. The number of carbonyl (C=O) groups excluding carboxylic acids is 1. The molecule has 146 valence electrons. The summed E-state index contributed by atoms with van der Waals surface area (Å²) in [5.41, 5.74) is 3.85. The second-order valence-electron chi connectivity index (χ2n) is 6.66. The van der Waals surface area contributed by atoms with Crippen molar-refractivity contribution in [1.29, 1.82) is 0 Å². The average molecular weight is 397 g/mol. The summed E-state index contributed by atoms with van der Waals surface area (Å²) in [6, 6.07) is 7.87. The van der Waals surface area contributed by atoms with Crippen LogP contribution in [0.15, 0.2) is 52.8 Å². The summed E-state index contributed by atoms with van der Waals surface area (Å²) < 4.78 is 7.33. The predicted molar refractivity (Wildman–Crippen MR) is 113 cm³/mol. The highest BCUT2D eigenvalue weighted by molar-refractivity contribution is 8.00. The Kier molecular flexibility index (Phi) is 6.04. The number of anilines is 1. The summed E-state index contributed by atoms with van der Waals surface area (Å²) in [7, 11) is 0. The van der Waals surface area contributed by atoms with Gasteiger partial charge >= 0.3 is 0 Å². The summed E-state index contributed by atoms with van der Waals surface area (Å²) in [4.78, 5) is 12.7. The molecule has 3 aromatic rings. The zero-order chi connectivity index (χ0) is 20.3. The van der Waals surface area contributed by atoms with E-state index in [-0.39, 0.29) is 11.2 Å². The van der Waals surface area contributed by atoms with E-state index in [1.807, 2.05) is 56.5 Å². The van der Waals surface area contributed by atoms with E-state index in [2.05, 4.69) is 22.1 Å². The van der Waals surface area contributed by atoms with Gasteiger partial charge in [-0.05, 0) is 51.0 Å². The summed E-state index contributed by atoms with van der Waals surface area (Å²) in [5, 5.41) is 11.9. The molecule has 0 saturated carbocycles. The van der Waals surface area contributed by atoms with Crippen LogP contribution in [0.4, 0.5) is 5.69 Å². The lowest BCUT2D eigenvalue weighted by Gasteiger charge is -2.14. The molecule has 1 aromatic carbocycles. The minimum absolute atomic E-state index is 0.0760. The fourth-order valence-corrected chi connectivity index (χ4v) is 3.66. The van der Waals surface area contributed by atoms with Gasteiger partial charge < -0.3 is 9.73 Å². The van der Waals surface area contributed by atoms with Crippen LogP contribution in [0.5, 0.6) is 0 Å². The molecule has 0 bridgehead atoms. The molecule has 7 heteroatoms. The summed E-state index contributed by atoms with van der Waals surface area (Å²) in [6.45, 7) is 12.1. The molecule has 0 fully saturated rings. The fraction of sp³-hybridized carbons (Fsp3) is 0.286. The van der Waals surface area contributed by atoms with Gasteiger partial charge in [0.05, 0.1) is 17.1 Å². The van der Waals surface area contributed by atoms with Gasteiger partial charge in [0.15, 0.2) is 11.0 Å². The third-order valence-electron chi connectivity index (χ3n) is 4.43. The molecule has 28 heavy (non-hydrogen) atoms. The second kappa shape index (κ2) is 8.48. The van der Waals surface area contributed by atoms with Gasteiger partial charge in [-0.3, -0.25) is 9.36 Å². The lowest BCUT2D eigenvalue weighted by atomic mass is 10.1. The Balaban J connectivity index is 1.80. The number of nitrogens with one attached hydrogen (secondary N) is 1. The van der Waals surface area contributed by atoms with Crippen molar-refractivity contribution in [3.05, 3.63) is 60.1 Å². The van der Waals surface area contributed by atoms with Gasteiger partial charge in [0, 0.05) is 12.2 Å². The third kappa shape index (κ3) is 4.20. The Morgan fingerprint density at radius 3 is 2.79 bits per heavy atom. The Bertz CT molecular complexity index is 1010. The number of thioether (sulfide) groups is 1. The van der Waals surface area contributed by atoms with E-state index in [1.165, 1.54) is 11.8 Å². The van der Waals surface area contributed by atoms with Gasteiger partial charge in [-0.2, -0.15) is 0 Å². The minimum Gasteiger partial charge on any atom is -0.469 e. The maximum atomic E-state index is 12.7. The number of carbonyl (C=O) groups is 1. The van der Waals surface area contributed by atoms with Crippen LogP contribution in [0.2, 0.25) is 0 Å². The van der Waals surface area contributed by atoms with Crippen LogP contribution in [-0.2, 0) is 11.3 Å². The van der Waals surface area contributed by atoms with E-state index in [0.717, 1.165) is 28.1 Å². The fourth-order valence-electron chi connectivity index (χ4n) is 2.80. The van der Waals surface area contributed by atoms with Crippen molar-refractivity contribution in [3.63, 3.8) is 0 Å². The average Bonchev–Trinajstić information content (AvgIpc) is 3.24. The van der Waals surface area contributed by atoms with Crippen LogP contribution in [0, 0.1) is 20.8 Å². The van der Waals surface area contributed by atoms with Gasteiger partial charge in [0.25, 0.3) is 0 Å². The molecule has 0 aliphatic heterocycles. The predicted octanol–water partition coefficient (Wildman–Crippen LogP) is 4.77. The van der Waals surface area contributed by atoms with Crippen LogP contribution in [0.3, 0.4) is 0 Å². The molecule has 3 rings (SSSR count). The first-order valence-corrected chi connectivity index (χ1v) is 9.92. The summed E-state index contributed by atoms with van der Waals surface area (Å²) in [6.07, 6.45) is 3.41. The van der Waals surface area contributed by atoms with E-state index in [0.29, 0.717) is 17.5 Å². The maximum Gasteiger partial charge on any atom is 0.237 e. The Morgan fingerprint density at radius 1 is 1.32 bits per heavy atom. The van der Waals surface area contributed by atoms with Gasteiger partial charge in [-0.1, -0.05) is 30.0 Å². The molecule has 0 unspecified atom stereocenters. The van der Waals surface area contributed by atoms with Crippen molar-refractivity contribution in [1.82, 2.24) is 14.8 Å². The monoisotopic (exact) mass is 396 g/mol. The smallest absolute Gasteiger partial charge is 0.237 e. The molecular formula is C21H24N4O2S. The normalized spacial score (nSPS) is 12.0. The second-order valence-corrected chi connectivity index (χ2v) is 7.97. The Labute approximate surface area is 169 Å². The van der Waals surface area contributed by atoms with Crippen molar-refractivity contribution in [2.45, 2.75) is 44.6 Å². The number of rotatable bonds is 7. The highest BCUT2D eigenvalue weighted by Gasteiger charge is 2.22. The topological polar surface area (TPSA) is 73.0 Å². The van der Waals surface area contributed by atoms with E-state index >= 15 is 0 Å². The number of amides is 1. The van der Waals surface area contributed by atoms with Crippen LogP contribution >= 0.6 is 11.8 Å². The van der Waals surface area contributed by atoms with Gasteiger partial charge in [0.1, 0.15) is 5.76 Å². The maximum absolute atomic E-state index is 12.7. The molecule has 0 saturated heterocycles. The highest BCUT2D eigenvalue weighted by atomic mass is 32.2. The zero-order valence-corrected chi connectivity index (χ0v) is 17.3. The molecule has 0 aliphatic rings. The molecule has 1 amide bonds. The Morgan fingerprint density at radius 2 is 2.11 bits per heavy atom. The molecule has 1 atom stereocenters. The van der Waals surface area contributed by atoms with Crippen molar-refractivity contribution in [2.24, 2.45) is 0 Å². The van der Waals surface area contributed by atoms with E-state index in [9.17, 15) is 4.79 Å². The van der Waals surface area contributed by atoms with Gasteiger partial charge in [0.2, 0.25) is 5.91 Å². The van der Waals surface area contributed by atoms with Crippen LogP contribution in [0.1, 0.15) is 23.8 Å². The van der Waals surface area contributed by atoms with Crippen LogP contribution < -0.4 is 5.32 Å². The number of hydrogen-bond acceptors (Lipinski definition) is 5. The van der Waals surface area contributed by atoms with Crippen molar-refractivity contribution >= 4 is 23.4 Å².